The summed E-state index contributed by atoms with van der Waals surface area (Å²) in [7, 11) is 3.51. The van der Waals surface area contributed by atoms with Gasteiger partial charge in [0.1, 0.15) is 18.1 Å². The Bertz CT molecular complexity index is 1540. The molecule has 0 saturated carbocycles. The lowest BCUT2D eigenvalue weighted by Crippen LogP contribution is -2.56. The first-order chi connectivity index (χ1) is 17.5. The number of hydrogen-bond donors (Lipinski definition) is 1. The Hall–Kier alpha value is -4.16. The highest BCUT2D eigenvalue weighted by Gasteiger charge is 2.32. The van der Waals surface area contributed by atoms with E-state index < -0.39 is 11.6 Å². The number of ether oxygens (including phenoxy) is 2. The second-order valence-electron chi connectivity index (χ2n) is 9.14. The number of rotatable bonds is 3. The van der Waals surface area contributed by atoms with Crippen molar-refractivity contribution in [2.75, 3.05) is 45.3 Å². The van der Waals surface area contributed by atoms with Gasteiger partial charge in [-0.05, 0) is 42.9 Å². The predicted octanol–water partition coefficient (Wildman–Crippen LogP) is 5.25. The molecular formula is C27H23F2N5O2. The predicted molar refractivity (Wildman–Crippen MR) is 134 cm³/mol. The summed E-state index contributed by atoms with van der Waals surface area (Å²) in [5, 5.41) is 8.15. The Kier molecular flexibility index (Phi) is 5.27. The average Bonchev–Trinajstić information content (AvgIpc) is 3.31. The number of aromatic amines is 1. The minimum atomic E-state index is -1.06. The zero-order valence-electron chi connectivity index (χ0n) is 19.8. The summed E-state index contributed by atoms with van der Waals surface area (Å²) < 4.78 is 40.5. The van der Waals surface area contributed by atoms with Crippen LogP contribution in [-0.2, 0) is 0 Å². The summed E-state index contributed by atoms with van der Waals surface area (Å²) in [5.74, 6) is -1.14. The third-order valence-corrected chi connectivity index (χ3v) is 7.01. The summed E-state index contributed by atoms with van der Waals surface area (Å²) in [6.45, 7) is 11.1. The van der Waals surface area contributed by atoms with Crippen molar-refractivity contribution in [3.05, 3.63) is 65.5 Å². The van der Waals surface area contributed by atoms with Crippen LogP contribution in [0.2, 0.25) is 0 Å². The van der Waals surface area contributed by atoms with E-state index in [1.165, 1.54) is 13.2 Å². The molecule has 0 bridgehead atoms. The second kappa shape index (κ2) is 8.50. The van der Waals surface area contributed by atoms with Gasteiger partial charge in [-0.25, -0.2) is 13.6 Å². The molecule has 0 spiro atoms. The van der Waals surface area contributed by atoms with Gasteiger partial charge in [-0.3, -0.25) is 5.10 Å². The van der Waals surface area contributed by atoms with Crippen molar-refractivity contribution >= 4 is 22.3 Å². The molecule has 182 valence electrons. The molecule has 7 nitrogen and oxygen atoms in total. The number of piperazine rings is 1. The van der Waals surface area contributed by atoms with Gasteiger partial charge in [-0.2, -0.15) is 5.10 Å². The number of H-pyrrole nitrogens is 1. The number of halogens is 2. The maximum absolute atomic E-state index is 14.9. The highest BCUT2D eigenvalue weighted by molar-refractivity contribution is 6.01. The Balaban J connectivity index is 1.47. The maximum atomic E-state index is 14.9. The molecule has 1 N–H and O–H groups in total. The van der Waals surface area contributed by atoms with Gasteiger partial charge in [0, 0.05) is 30.6 Å². The molecule has 1 unspecified atom stereocenters. The fourth-order valence-electron chi connectivity index (χ4n) is 5.19. The van der Waals surface area contributed by atoms with E-state index in [0.29, 0.717) is 29.2 Å². The molecule has 0 radical (unpaired) electrons. The van der Waals surface area contributed by atoms with Gasteiger partial charge in [-0.1, -0.05) is 12.1 Å². The summed E-state index contributed by atoms with van der Waals surface area (Å²) in [5.41, 5.74) is 3.44. The molecular weight excluding hydrogens is 464 g/mol. The van der Waals surface area contributed by atoms with Gasteiger partial charge in [0.25, 0.3) is 0 Å². The Morgan fingerprint density at radius 3 is 2.83 bits per heavy atom. The number of benzene rings is 3. The second-order valence-corrected chi connectivity index (χ2v) is 9.14. The molecule has 2 aliphatic rings. The number of likely N-dealkylation sites (N-methyl/N-ethyl adjacent to an activating group) is 1. The van der Waals surface area contributed by atoms with Crippen LogP contribution in [0.3, 0.4) is 0 Å². The molecule has 0 amide bonds. The number of nitrogens with zero attached hydrogens (tertiary/aromatic N) is 4. The van der Waals surface area contributed by atoms with Gasteiger partial charge in [-0.15, -0.1) is 0 Å². The van der Waals surface area contributed by atoms with Crippen LogP contribution in [0, 0.1) is 18.2 Å². The first-order valence-electron chi connectivity index (χ1n) is 11.6. The van der Waals surface area contributed by atoms with E-state index >= 15 is 0 Å². The van der Waals surface area contributed by atoms with Gasteiger partial charge in [0.05, 0.1) is 42.2 Å². The van der Waals surface area contributed by atoms with E-state index in [0.717, 1.165) is 42.7 Å². The van der Waals surface area contributed by atoms with Gasteiger partial charge in [0.15, 0.2) is 17.3 Å². The minimum Gasteiger partial charge on any atom is -0.496 e. The lowest BCUT2D eigenvalue weighted by molar-refractivity contribution is 0.188. The Morgan fingerprint density at radius 1 is 1.17 bits per heavy atom. The first-order valence-corrected chi connectivity index (χ1v) is 11.6. The zero-order chi connectivity index (χ0) is 25.0. The fraction of sp³-hybridized carbons (Fsp3) is 0.259. The quantitative estimate of drug-likeness (QED) is 0.400. The van der Waals surface area contributed by atoms with E-state index in [1.807, 2.05) is 18.2 Å². The molecule has 1 fully saturated rings. The van der Waals surface area contributed by atoms with Gasteiger partial charge < -0.3 is 19.3 Å². The third kappa shape index (κ3) is 3.45. The van der Waals surface area contributed by atoms with Crippen LogP contribution in [0.1, 0.15) is 0 Å². The van der Waals surface area contributed by atoms with Crippen LogP contribution in [0.4, 0.5) is 20.2 Å². The molecule has 1 saturated heterocycles. The topological polar surface area (TPSA) is 58.0 Å². The maximum Gasteiger partial charge on any atom is 0.197 e. The van der Waals surface area contributed by atoms with E-state index in [2.05, 4.69) is 31.9 Å². The summed E-state index contributed by atoms with van der Waals surface area (Å²) in [6, 6.07) is 11.9. The third-order valence-electron chi connectivity index (χ3n) is 7.01. The van der Waals surface area contributed by atoms with Gasteiger partial charge >= 0.3 is 0 Å². The summed E-state index contributed by atoms with van der Waals surface area (Å²) in [4.78, 5) is 8.26. The smallest absolute Gasteiger partial charge is 0.197 e. The van der Waals surface area contributed by atoms with Crippen LogP contribution >= 0.6 is 0 Å². The molecule has 3 heterocycles. The van der Waals surface area contributed by atoms with E-state index in [4.69, 9.17) is 16.0 Å². The lowest BCUT2D eigenvalue weighted by atomic mass is 9.97. The van der Waals surface area contributed by atoms with Gasteiger partial charge in [0.2, 0.25) is 0 Å². The van der Waals surface area contributed by atoms with Crippen LogP contribution in [-0.4, -0.2) is 61.5 Å². The monoisotopic (exact) mass is 487 g/mol. The van der Waals surface area contributed by atoms with Crippen LogP contribution in [0.15, 0.2) is 42.5 Å². The molecule has 36 heavy (non-hydrogen) atoms. The van der Waals surface area contributed by atoms with E-state index in [-0.39, 0.29) is 22.6 Å². The van der Waals surface area contributed by atoms with Crippen LogP contribution in [0.5, 0.6) is 11.5 Å². The molecule has 0 aliphatic carbocycles. The van der Waals surface area contributed by atoms with E-state index in [9.17, 15) is 8.78 Å². The van der Waals surface area contributed by atoms with E-state index in [1.54, 1.807) is 12.1 Å². The fourth-order valence-corrected chi connectivity index (χ4v) is 5.19. The number of anilines is 1. The number of hydrogen-bond acceptors (Lipinski definition) is 5. The largest absolute Gasteiger partial charge is 0.496 e. The SMILES string of the molecule is [C-]#[N+]c1cc2[nH]nc(-c3ccc4c(c3)OCC3CN(C)CCN43)c2cc1-c1c(OC)ccc(F)c1F. The van der Waals surface area contributed by atoms with Crippen molar-refractivity contribution in [3.8, 4) is 33.9 Å². The molecule has 3 aromatic carbocycles. The zero-order valence-corrected chi connectivity index (χ0v) is 19.8. The number of fused-ring (bicyclic) bond motifs is 4. The molecule has 1 atom stereocenters. The highest BCUT2D eigenvalue weighted by Crippen LogP contribution is 2.44. The van der Waals surface area contributed by atoms with Crippen molar-refractivity contribution in [1.29, 1.82) is 0 Å². The summed E-state index contributed by atoms with van der Waals surface area (Å²) >= 11 is 0. The molecule has 6 rings (SSSR count). The standard InChI is InChI=1S/C27H23F2N5O2/c1-30-20-12-21-18(11-17(20)25-23(35-3)7-5-19(28)26(25)29)27(32-31-21)15-4-6-22-24(10-15)36-14-16-13-33(2)8-9-34(16)22/h4-7,10-12,16H,8-9,13-14H2,2-3H3,(H,31,32). The number of nitrogens with one attached hydrogen (secondary N) is 1. The molecule has 2 aliphatic heterocycles. The van der Waals surface area contributed by atoms with Crippen LogP contribution < -0.4 is 14.4 Å². The Morgan fingerprint density at radius 2 is 2.03 bits per heavy atom. The van der Waals surface area contributed by atoms with Crippen molar-refractivity contribution in [2.45, 2.75) is 6.04 Å². The molecule has 4 aromatic rings. The van der Waals surface area contributed by atoms with Crippen molar-refractivity contribution < 1.29 is 18.3 Å². The van der Waals surface area contributed by atoms with Crippen molar-refractivity contribution in [3.63, 3.8) is 0 Å². The van der Waals surface area contributed by atoms with Crippen LogP contribution in [0.25, 0.3) is 38.1 Å². The van der Waals surface area contributed by atoms with Crippen molar-refractivity contribution in [2.24, 2.45) is 0 Å². The first kappa shape index (κ1) is 22.3. The lowest BCUT2D eigenvalue weighted by Gasteiger charge is -2.44. The normalized spacial score (nSPS) is 17.3. The summed E-state index contributed by atoms with van der Waals surface area (Å²) in [6.07, 6.45) is 0. The molecule has 9 heteroatoms. The average molecular weight is 488 g/mol. The minimum absolute atomic E-state index is 0.0903. The Labute approximate surface area is 206 Å². The number of aromatic nitrogens is 2. The number of methoxy groups -OCH3 is 1. The highest BCUT2D eigenvalue weighted by atomic mass is 19.2. The molecule has 1 aromatic heterocycles. The van der Waals surface area contributed by atoms with Crippen molar-refractivity contribution in [1.82, 2.24) is 15.1 Å².